The van der Waals surface area contributed by atoms with Gasteiger partial charge in [-0.25, -0.2) is 0 Å². The van der Waals surface area contributed by atoms with Crippen LogP contribution in [0, 0.1) is 0 Å². The molecule has 0 saturated heterocycles. The Bertz CT molecular complexity index is 93.3. The van der Waals surface area contributed by atoms with Gasteiger partial charge in [-0.2, -0.15) is 12.6 Å². The van der Waals surface area contributed by atoms with Gasteiger partial charge in [0, 0.05) is 11.3 Å². The number of rotatable bonds is 2. The molecule has 1 saturated carbocycles. The van der Waals surface area contributed by atoms with Gasteiger partial charge in [0.15, 0.2) is 0 Å². The Morgan fingerprint density at radius 1 is 1.40 bits per heavy atom. The van der Waals surface area contributed by atoms with Crippen molar-refractivity contribution in [3.05, 3.63) is 0 Å². The first-order valence-electron chi connectivity index (χ1n) is 4.26. The molecule has 2 atom stereocenters. The van der Waals surface area contributed by atoms with Crippen LogP contribution in [0.3, 0.4) is 0 Å². The van der Waals surface area contributed by atoms with Gasteiger partial charge in [-0.1, -0.05) is 19.8 Å². The van der Waals surface area contributed by atoms with E-state index in [9.17, 15) is 0 Å². The molecule has 0 aliphatic heterocycles. The fraction of sp³-hybridized carbons (Fsp3) is 1.00. The molecule has 0 spiro atoms. The lowest BCUT2D eigenvalue weighted by molar-refractivity contribution is 0.392. The summed E-state index contributed by atoms with van der Waals surface area (Å²) in [6.07, 6.45) is 5.37. The Kier molecular flexibility index (Phi) is 3.57. The van der Waals surface area contributed by atoms with E-state index in [1.54, 1.807) is 0 Å². The van der Waals surface area contributed by atoms with Crippen LogP contribution >= 0.6 is 12.6 Å². The lowest BCUT2D eigenvalue weighted by Crippen LogP contribution is -2.39. The average Bonchev–Trinajstić information content (AvgIpc) is 1.94. The van der Waals surface area contributed by atoms with E-state index in [1.807, 2.05) is 0 Å². The molecule has 60 valence electrons. The van der Waals surface area contributed by atoms with Crippen molar-refractivity contribution in [2.45, 2.75) is 43.9 Å². The largest absolute Gasteiger partial charge is 0.313 e. The first kappa shape index (κ1) is 8.41. The first-order chi connectivity index (χ1) is 4.84. The highest BCUT2D eigenvalue weighted by Gasteiger charge is 2.20. The molecule has 10 heavy (non-hydrogen) atoms. The van der Waals surface area contributed by atoms with E-state index < -0.39 is 0 Å². The average molecular weight is 159 g/mol. The molecule has 1 aliphatic rings. The van der Waals surface area contributed by atoms with Gasteiger partial charge in [0.2, 0.25) is 0 Å². The Morgan fingerprint density at radius 2 is 2.10 bits per heavy atom. The van der Waals surface area contributed by atoms with Crippen LogP contribution in [-0.4, -0.2) is 17.8 Å². The molecule has 1 rings (SSSR count). The highest BCUT2D eigenvalue weighted by molar-refractivity contribution is 7.81. The van der Waals surface area contributed by atoms with Crippen LogP contribution in [0.15, 0.2) is 0 Å². The predicted octanol–water partition coefficient (Wildman–Crippen LogP) is 1.84. The van der Waals surface area contributed by atoms with Crippen molar-refractivity contribution in [3.63, 3.8) is 0 Å². The van der Waals surface area contributed by atoms with Crippen LogP contribution in [0.4, 0.5) is 0 Å². The van der Waals surface area contributed by atoms with E-state index in [1.165, 1.54) is 25.7 Å². The maximum atomic E-state index is 4.53. The summed E-state index contributed by atoms with van der Waals surface area (Å²) in [4.78, 5) is 0. The maximum absolute atomic E-state index is 4.53. The summed E-state index contributed by atoms with van der Waals surface area (Å²) in [5, 5.41) is 4.06. The monoisotopic (exact) mass is 159 g/mol. The smallest absolute Gasteiger partial charge is 0.0183 e. The number of thiol groups is 1. The third-order valence-electron chi connectivity index (χ3n) is 2.20. The highest BCUT2D eigenvalue weighted by Crippen LogP contribution is 2.22. The minimum absolute atomic E-state index is 0.605. The molecule has 0 heterocycles. The van der Waals surface area contributed by atoms with E-state index in [2.05, 4.69) is 24.9 Å². The summed E-state index contributed by atoms with van der Waals surface area (Å²) in [6, 6.07) is 0.682. The van der Waals surface area contributed by atoms with Crippen LogP contribution in [0.25, 0.3) is 0 Å². The molecule has 1 N–H and O–H groups in total. The molecule has 2 heteroatoms. The third-order valence-corrected chi connectivity index (χ3v) is 2.81. The number of hydrogen-bond donors (Lipinski definition) is 2. The molecule has 0 amide bonds. The molecular weight excluding hydrogens is 142 g/mol. The van der Waals surface area contributed by atoms with E-state index in [0.29, 0.717) is 11.3 Å². The quantitative estimate of drug-likeness (QED) is 0.586. The maximum Gasteiger partial charge on any atom is 0.0183 e. The topological polar surface area (TPSA) is 12.0 Å². The number of hydrogen-bond acceptors (Lipinski definition) is 2. The standard InChI is InChI=1S/C8H17NS/c1-2-9-7-5-3-4-6-8(7)10/h7-10H,2-6H2,1H3. The lowest BCUT2D eigenvalue weighted by Gasteiger charge is -2.28. The van der Waals surface area contributed by atoms with Gasteiger partial charge in [0.25, 0.3) is 0 Å². The van der Waals surface area contributed by atoms with E-state index in [4.69, 9.17) is 0 Å². The zero-order valence-electron chi connectivity index (χ0n) is 6.64. The molecule has 0 aromatic carbocycles. The van der Waals surface area contributed by atoms with Crippen LogP contribution in [0.2, 0.25) is 0 Å². The Balaban J connectivity index is 2.25. The Labute approximate surface area is 69.0 Å². The van der Waals surface area contributed by atoms with E-state index in [-0.39, 0.29) is 0 Å². The van der Waals surface area contributed by atoms with Crippen LogP contribution in [-0.2, 0) is 0 Å². The van der Waals surface area contributed by atoms with Gasteiger partial charge >= 0.3 is 0 Å². The van der Waals surface area contributed by atoms with E-state index in [0.717, 1.165) is 6.54 Å². The van der Waals surface area contributed by atoms with Crippen LogP contribution in [0.1, 0.15) is 32.6 Å². The van der Waals surface area contributed by atoms with Crippen molar-refractivity contribution in [2.75, 3.05) is 6.54 Å². The van der Waals surface area contributed by atoms with Crippen LogP contribution < -0.4 is 5.32 Å². The molecule has 0 bridgehead atoms. The summed E-state index contributed by atoms with van der Waals surface area (Å²) in [5.74, 6) is 0. The minimum atomic E-state index is 0.605. The van der Waals surface area contributed by atoms with Crippen LogP contribution in [0.5, 0.6) is 0 Å². The van der Waals surface area contributed by atoms with Crippen molar-refractivity contribution < 1.29 is 0 Å². The Morgan fingerprint density at radius 3 is 2.70 bits per heavy atom. The molecule has 0 radical (unpaired) electrons. The molecule has 1 aliphatic carbocycles. The second-order valence-corrected chi connectivity index (χ2v) is 3.68. The van der Waals surface area contributed by atoms with Crippen molar-refractivity contribution >= 4 is 12.6 Å². The fourth-order valence-corrected chi connectivity index (χ4v) is 2.05. The summed E-state index contributed by atoms with van der Waals surface area (Å²) in [6.45, 7) is 3.25. The van der Waals surface area contributed by atoms with Crippen molar-refractivity contribution in [2.24, 2.45) is 0 Å². The SMILES string of the molecule is CCNC1CCCCC1S. The first-order valence-corrected chi connectivity index (χ1v) is 4.77. The second-order valence-electron chi connectivity index (χ2n) is 3.02. The molecule has 0 aromatic heterocycles. The van der Waals surface area contributed by atoms with Gasteiger partial charge in [-0.05, 0) is 19.4 Å². The predicted molar refractivity (Wildman–Crippen MR) is 48.7 cm³/mol. The fourth-order valence-electron chi connectivity index (χ4n) is 1.61. The van der Waals surface area contributed by atoms with Crippen molar-refractivity contribution in [3.8, 4) is 0 Å². The molecular formula is C8H17NS. The van der Waals surface area contributed by atoms with Gasteiger partial charge in [-0.15, -0.1) is 0 Å². The van der Waals surface area contributed by atoms with Gasteiger partial charge in [0.1, 0.15) is 0 Å². The molecule has 1 nitrogen and oxygen atoms in total. The normalized spacial score (nSPS) is 34.2. The lowest BCUT2D eigenvalue weighted by atomic mass is 9.95. The molecule has 2 unspecified atom stereocenters. The highest BCUT2D eigenvalue weighted by atomic mass is 32.1. The zero-order chi connectivity index (χ0) is 7.40. The number of nitrogens with one attached hydrogen (secondary N) is 1. The minimum Gasteiger partial charge on any atom is -0.313 e. The summed E-state index contributed by atoms with van der Waals surface area (Å²) in [7, 11) is 0. The summed E-state index contributed by atoms with van der Waals surface area (Å²) >= 11 is 4.53. The van der Waals surface area contributed by atoms with Gasteiger partial charge < -0.3 is 5.32 Å². The van der Waals surface area contributed by atoms with E-state index >= 15 is 0 Å². The third kappa shape index (κ3) is 2.17. The van der Waals surface area contributed by atoms with Gasteiger partial charge in [0.05, 0.1) is 0 Å². The molecule has 0 aromatic rings. The summed E-state index contributed by atoms with van der Waals surface area (Å²) < 4.78 is 0. The molecule has 1 fully saturated rings. The van der Waals surface area contributed by atoms with Crippen molar-refractivity contribution in [1.82, 2.24) is 5.32 Å². The van der Waals surface area contributed by atoms with Crippen molar-refractivity contribution in [1.29, 1.82) is 0 Å². The zero-order valence-corrected chi connectivity index (χ0v) is 7.53. The van der Waals surface area contributed by atoms with Gasteiger partial charge in [-0.3, -0.25) is 0 Å². The Hall–Kier alpha value is 0.310. The summed E-state index contributed by atoms with van der Waals surface area (Å²) in [5.41, 5.74) is 0. The second kappa shape index (κ2) is 4.24.